The maximum absolute atomic E-state index is 12.6. The average molecular weight is 366 g/mol. The van der Waals surface area contributed by atoms with Gasteiger partial charge in [0.2, 0.25) is 13.2 Å². The largest absolute Gasteiger partial charge is 0.454 e. The second kappa shape index (κ2) is 6.89. The van der Waals surface area contributed by atoms with Gasteiger partial charge in [-0.3, -0.25) is 4.79 Å². The molecule has 7 heteroatoms. The summed E-state index contributed by atoms with van der Waals surface area (Å²) in [5, 5.41) is 4.74. The number of nitrogens with one attached hydrogen (secondary N) is 1. The summed E-state index contributed by atoms with van der Waals surface area (Å²) in [5.41, 5.74) is 2.00. The van der Waals surface area contributed by atoms with Gasteiger partial charge in [0.15, 0.2) is 11.5 Å². The molecule has 0 atom stereocenters. The van der Waals surface area contributed by atoms with Crippen LogP contribution < -0.4 is 19.7 Å². The molecule has 2 aromatic carbocycles. The van der Waals surface area contributed by atoms with Gasteiger partial charge in [0.1, 0.15) is 0 Å². The first kappa shape index (κ1) is 16.2. The number of hydrogen-bond acceptors (Lipinski definition) is 5. The van der Waals surface area contributed by atoms with Crippen molar-refractivity contribution in [1.29, 1.82) is 0 Å². The topological polar surface area (TPSA) is 67.9 Å². The molecular formula is C19H14N2O4S. The van der Waals surface area contributed by atoms with E-state index in [9.17, 15) is 9.59 Å². The Morgan fingerprint density at radius 1 is 1.08 bits per heavy atom. The molecule has 130 valence electrons. The van der Waals surface area contributed by atoms with Crippen LogP contribution in [0.3, 0.4) is 0 Å². The summed E-state index contributed by atoms with van der Waals surface area (Å²) >= 11 is 1.62. The number of urea groups is 1. The van der Waals surface area contributed by atoms with Crippen LogP contribution in [0.15, 0.2) is 60.0 Å². The van der Waals surface area contributed by atoms with E-state index in [1.165, 1.54) is 0 Å². The molecule has 3 aromatic rings. The number of imide groups is 1. The fourth-order valence-electron chi connectivity index (χ4n) is 2.64. The van der Waals surface area contributed by atoms with Gasteiger partial charge in [-0.2, -0.15) is 0 Å². The SMILES string of the molecule is O=CN(C(=O)Nc1cccc(-c2cccs2)c1)c1ccc2c(c1)OCO2. The number of amides is 3. The van der Waals surface area contributed by atoms with E-state index in [4.69, 9.17) is 9.47 Å². The predicted molar refractivity (Wildman–Crippen MR) is 99.9 cm³/mol. The van der Waals surface area contributed by atoms with Crippen LogP contribution in [0.4, 0.5) is 16.2 Å². The lowest BCUT2D eigenvalue weighted by atomic mass is 10.1. The first-order chi connectivity index (χ1) is 12.7. The minimum absolute atomic E-state index is 0.127. The third-order valence-electron chi connectivity index (χ3n) is 3.88. The molecule has 1 aliphatic rings. The molecule has 0 radical (unpaired) electrons. The Morgan fingerprint density at radius 3 is 2.77 bits per heavy atom. The summed E-state index contributed by atoms with van der Waals surface area (Å²) < 4.78 is 10.5. The highest BCUT2D eigenvalue weighted by Crippen LogP contribution is 2.35. The zero-order valence-electron chi connectivity index (χ0n) is 13.5. The molecule has 6 nitrogen and oxygen atoms in total. The average Bonchev–Trinajstić information content (AvgIpc) is 3.34. The summed E-state index contributed by atoms with van der Waals surface area (Å²) in [7, 11) is 0. The molecule has 0 aliphatic carbocycles. The lowest BCUT2D eigenvalue weighted by molar-refractivity contribution is -0.106. The molecule has 0 saturated heterocycles. The van der Waals surface area contributed by atoms with Crippen molar-refractivity contribution in [2.24, 2.45) is 0 Å². The number of carbonyl (C=O) groups is 2. The number of carbonyl (C=O) groups excluding carboxylic acids is 2. The Kier molecular flexibility index (Phi) is 4.28. The molecule has 1 N–H and O–H groups in total. The number of nitrogens with zero attached hydrogens (tertiary/aromatic N) is 1. The number of thiophene rings is 1. The van der Waals surface area contributed by atoms with Crippen LogP contribution in [0.2, 0.25) is 0 Å². The van der Waals surface area contributed by atoms with Crippen molar-refractivity contribution < 1.29 is 19.1 Å². The van der Waals surface area contributed by atoms with Gasteiger partial charge < -0.3 is 14.8 Å². The van der Waals surface area contributed by atoms with Crippen LogP contribution >= 0.6 is 11.3 Å². The maximum Gasteiger partial charge on any atom is 0.332 e. The molecule has 26 heavy (non-hydrogen) atoms. The highest BCUT2D eigenvalue weighted by molar-refractivity contribution is 7.13. The summed E-state index contributed by atoms with van der Waals surface area (Å²) in [5.74, 6) is 1.09. The fourth-order valence-corrected chi connectivity index (χ4v) is 3.36. The Balaban J connectivity index is 1.55. The highest BCUT2D eigenvalue weighted by atomic mass is 32.1. The lowest BCUT2D eigenvalue weighted by Crippen LogP contribution is -2.33. The number of ether oxygens (including phenoxy) is 2. The smallest absolute Gasteiger partial charge is 0.332 e. The summed E-state index contributed by atoms with van der Waals surface area (Å²) in [4.78, 5) is 26.1. The Morgan fingerprint density at radius 2 is 1.96 bits per heavy atom. The van der Waals surface area contributed by atoms with Crippen LogP contribution in [0, 0.1) is 0 Å². The van der Waals surface area contributed by atoms with Crippen molar-refractivity contribution in [3.8, 4) is 21.9 Å². The Bertz CT molecular complexity index is 956. The molecule has 0 fully saturated rings. The minimum atomic E-state index is -0.554. The first-order valence-electron chi connectivity index (χ1n) is 7.84. The fraction of sp³-hybridized carbons (Fsp3) is 0.0526. The van der Waals surface area contributed by atoms with Crippen LogP contribution in [-0.2, 0) is 4.79 Å². The van der Waals surface area contributed by atoms with E-state index >= 15 is 0 Å². The van der Waals surface area contributed by atoms with Crippen molar-refractivity contribution in [3.63, 3.8) is 0 Å². The van der Waals surface area contributed by atoms with Gasteiger partial charge in [-0.15, -0.1) is 11.3 Å². The predicted octanol–water partition coefficient (Wildman–Crippen LogP) is 4.34. The van der Waals surface area contributed by atoms with E-state index in [0.717, 1.165) is 15.3 Å². The van der Waals surface area contributed by atoms with Crippen molar-refractivity contribution in [2.75, 3.05) is 17.0 Å². The van der Waals surface area contributed by atoms with E-state index < -0.39 is 6.03 Å². The van der Waals surface area contributed by atoms with Crippen LogP contribution in [0.1, 0.15) is 0 Å². The molecule has 4 rings (SSSR count). The number of rotatable bonds is 4. The number of hydrogen-bond donors (Lipinski definition) is 1. The van der Waals surface area contributed by atoms with Crippen molar-refractivity contribution in [3.05, 3.63) is 60.0 Å². The van der Waals surface area contributed by atoms with Gasteiger partial charge >= 0.3 is 6.03 Å². The zero-order chi connectivity index (χ0) is 17.9. The molecular weight excluding hydrogens is 352 g/mol. The Hall–Kier alpha value is -3.32. The molecule has 0 bridgehead atoms. The monoisotopic (exact) mass is 366 g/mol. The molecule has 1 aliphatic heterocycles. The number of benzene rings is 2. The third-order valence-corrected chi connectivity index (χ3v) is 4.80. The third kappa shape index (κ3) is 3.12. The molecule has 2 heterocycles. The summed E-state index contributed by atoms with van der Waals surface area (Å²) in [6.07, 6.45) is 0.468. The van der Waals surface area contributed by atoms with E-state index in [0.29, 0.717) is 29.3 Å². The van der Waals surface area contributed by atoms with Gasteiger partial charge in [0.05, 0.1) is 5.69 Å². The van der Waals surface area contributed by atoms with Gasteiger partial charge in [-0.25, -0.2) is 9.69 Å². The quantitative estimate of drug-likeness (QED) is 0.698. The highest BCUT2D eigenvalue weighted by Gasteiger charge is 2.20. The van der Waals surface area contributed by atoms with Crippen molar-refractivity contribution in [1.82, 2.24) is 0 Å². The summed E-state index contributed by atoms with van der Waals surface area (Å²) in [6, 6.07) is 15.8. The second-order valence-electron chi connectivity index (χ2n) is 5.50. The zero-order valence-corrected chi connectivity index (χ0v) is 14.4. The maximum atomic E-state index is 12.6. The van der Waals surface area contributed by atoms with Gasteiger partial charge in [-0.1, -0.05) is 18.2 Å². The van der Waals surface area contributed by atoms with Crippen LogP contribution in [-0.4, -0.2) is 19.2 Å². The molecule has 1 aromatic heterocycles. The normalized spacial score (nSPS) is 11.8. The van der Waals surface area contributed by atoms with E-state index in [2.05, 4.69) is 5.32 Å². The van der Waals surface area contributed by atoms with Crippen LogP contribution in [0.5, 0.6) is 11.5 Å². The molecule has 3 amide bonds. The second-order valence-corrected chi connectivity index (χ2v) is 6.45. The van der Waals surface area contributed by atoms with Gasteiger partial charge in [0, 0.05) is 16.6 Å². The van der Waals surface area contributed by atoms with Crippen LogP contribution in [0.25, 0.3) is 10.4 Å². The van der Waals surface area contributed by atoms with E-state index in [1.807, 2.05) is 35.7 Å². The lowest BCUT2D eigenvalue weighted by Gasteiger charge is -2.17. The first-order valence-corrected chi connectivity index (χ1v) is 8.72. The summed E-state index contributed by atoms with van der Waals surface area (Å²) in [6.45, 7) is 0.127. The van der Waals surface area contributed by atoms with E-state index in [1.54, 1.807) is 35.6 Å². The van der Waals surface area contributed by atoms with Gasteiger partial charge in [-0.05, 0) is 41.3 Å². The molecule has 0 saturated carbocycles. The minimum Gasteiger partial charge on any atom is -0.454 e. The molecule has 0 unspecified atom stereocenters. The van der Waals surface area contributed by atoms with E-state index in [-0.39, 0.29) is 6.79 Å². The van der Waals surface area contributed by atoms with Gasteiger partial charge in [0.25, 0.3) is 0 Å². The van der Waals surface area contributed by atoms with Crippen molar-refractivity contribution >= 4 is 35.2 Å². The molecule has 0 spiro atoms. The Labute approximate surface area is 153 Å². The standard InChI is InChI=1S/C19H14N2O4S/c22-11-21(15-6-7-16-17(10-15)25-12-24-16)19(23)20-14-4-1-3-13(9-14)18-5-2-8-26-18/h1-11H,12H2,(H,20,23). The number of fused-ring (bicyclic) bond motifs is 1. The van der Waals surface area contributed by atoms with Crippen molar-refractivity contribution in [2.45, 2.75) is 0 Å². The number of anilines is 2.